The van der Waals surface area contributed by atoms with Crippen LogP contribution in [0.15, 0.2) is 47.5 Å². The van der Waals surface area contributed by atoms with Crippen LogP contribution < -0.4 is 10.6 Å². The molecular formula is C24H25ClN4O3S. The normalized spacial score (nSPS) is 18.1. The Hall–Kier alpha value is -2.84. The molecule has 0 saturated carbocycles. The number of aliphatic imine (C=N–C) groups is 1. The number of halogens is 1. The van der Waals surface area contributed by atoms with Crippen molar-refractivity contribution in [2.45, 2.75) is 37.9 Å². The van der Waals surface area contributed by atoms with Crippen molar-refractivity contribution < 1.29 is 14.4 Å². The first-order chi connectivity index (χ1) is 15.9. The maximum absolute atomic E-state index is 12.5. The maximum Gasteiger partial charge on any atom is 0.262 e. The lowest BCUT2D eigenvalue weighted by molar-refractivity contribution is -0.121. The van der Waals surface area contributed by atoms with E-state index >= 15 is 0 Å². The number of aryl methyl sites for hydroxylation is 1. The highest BCUT2D eigenvalue weighted by Crippen LogP contribution is 2.29. The van der Waals surface area contributed by atoms with Gasteiger partial charge in [-0.15, -0.1) is 0 Å². The van der Waals surface area contributed by atoms with Gasteiger partial charge in [0.25, 0.3) is 11.8 Å². The predicted octanol–water partition coefficient (Wildman–Crippen LogP) is 4.71. The number of likely N-dealkylation sites (tertiary alicyclic amines) is 1. The summed E-state index contributed by atoms with van der Waals surface area (Å²) in [4.78, 5) is 43.5. The van der Waals surface area contributed by atoms with Gasteiger partial charge in [0.05, 0.1) is 0 Å². The van der Waals surface area contributed by atoms with Gasteiger partial charge in [0, 0.05) is 41.5 Å². The Bertz CT molecular complexity index is 1100. The number of rotatable bonds is 5. The zero-order chi connectivity index (χ0) is 23.4. The van der Waals surface area contributed by atoms with E-state index in [-0.39, 0.29) is 24.1 Å². The highest BCUT2D eigenvalue weighted by atomic mass is 35.5. The van der Waals surface area contributed by atoms with Gasteiger partial charge < -0.3 is 15.5 Å². The van der Waals surface area contributed by atoms with Crippen molar-refractivity contribution >= 4 is 57.6 Å². The van der Waals surface area contributed by atoms with Crippen LogP contribution in [0.1, 0.15) is 41.6 Å². The molecule has 3 amide bonds. The number of anilines is 2. The van der Waals surface area contributed by atoms with Gasteiger partial charge in [0.15, 0.2) is 5.17 Å². The Morgan fingerprint density at radius 3 is 2.45 bits per heavy atom. The highest BCUT2D eigenvalue weighted by Gasteiger charge is 2.33. The molecule has 2 aromatic rings. The van der Waals surface area contributed by atoms with Crippen molar-refractivity contribution in [3.8, 4) is 0 Å². The first-order valence-electron chi connectivity index (χ1n) is 10.9. The molecule has 0 bridgehead atoms. The largest absolute Gasteiger partial charge is 0.351 e. The van der Waals surface area contributed by atoms with Crippen molar-refractivity contribution in [1.29, 1.82) is 0 Å². The number of carbonyl (C=O) groups is 3. The third-order valence-corrected chi connectivity index (χ3v) is 7.21. The van der Waals surface area contributed by atoms with Crippen LogP contribution in [0.5, 0.6) is 0 Å². The van der Waals surface area contributed by atoms with Crippen LogP contribution in [0.25, 0.3) is 0 Å². The van der Waals surface area contributed by atoms with E-state index in [1.165, 1.54) is 18.2 Å². The average Bonchev–Trinajstić information content (AvgIpc) is 3.17. The van der Waals surface area contributed by atoms with Gasteiger partial charge in [0.2, 0.25) is 5.91 Å². The molecule has 4 rings (SSSR count). The molecule has 33 heavy (non-hydrogen) atoms. The summed E-state index contributed by atoms with van der Waals surface area (Å²) < 4.78 is 0. The van der Waals surface area contributed by atoms with Crippen molar-refractivity contribution in [3.05, 3.63) is 58.6 Å². The molecule has 9 heteroatoms. The summed E-state index contributed by atoms with van der Waals surface area (Å²) in [6, 6.07) is 11.9. The lowest BCUT2D eigenvalue weighted by atomic mass is 10.1. The number of piperidine rings is 1. The number of thioether (sulfide) groups is 1. The molecule has 0 aliphatic carbocycles. The Morgan fingerprint density at radius 2 is 1.76 bits per heavy atom. The van der Waals surface area contributed by atoms with Gasteiger partial charge in [-0.25, -0.2) is 0 Å². The molecule has 2 heterocycles. The standard InChI is InChI=1S/C24H25ClN4O3S/c1-15-5-8-18(13-19(15)25)27-22(31)16-6-9-17(10-7-16)26-21(30)14-20-23(32)28-24(33-20)29-11-3-2-4-12-29/h5-10,13,20H,2-4,11-12,14H2,1H3,(H,26,30)(H,27,31)/t20-/m0/s1. The van der Waals surface area contributed by atoms with E-state index in [1.54, 1.807) is 36.4 Å². The van der Waals surface area contributed by atoms with Crippen molar-refractivity contribution in [1.82, 2.24) is 4.90 Å². The van der Waals surface area contributed by atoms with Crippen LogP contribution in [0, 0.1) is 6.92 Å². The third kappa shape index (κ3) is 5.94. The van der Waals surface area contributed by atoms with Crippen LogP contribution in [0.3, 0.4) is 0 Å². The lowest BCUT2D eigenvalue weighted by Crippen LogP contribution is -2.33. The van der Waals surface area contributed by atoms with Crippen molar-refractivity contribution in [2.75, 3.05) is 23.7 Å². The molecule has 0 radical (unpaired) electrons. The number of nitrogens with zero attached hydrogens (tertiary/aromatic N) is 2. The third-order valence-electron chi connectivity index (χ3n) is 5.59. The molecule has 2 aliphatic heterocycles. The smallest absolute Gasteiger partial charge is 0.262 e. The van der Waals surface area contributed by atoms with Gasteiger partial charge >= 0.3 is 0 Å². The Balaban J connectivity index is 1.28. The predicted molar refractivity (Wildman–Crippen MR) is 133 cm³/mol. The van der Waals surface area contributed by atoms with E-state index in [4.69, 9.17) is 11.6 Å². The van der Waals surface area contributed by atoms with Gasteiger partial charge in [-0.05, 0) is 68.1 Å². The summed E-state index contributed by atoms with van der Waals surface area (Å²) in [5.41, 5.74) is 2.55. The fraction of sp³-hybridized carbons (Fsp3) is 0.333. The Labute approximate surface area is 202 Å². The molecule has 2 N–H and O–H groups in total. The average molecular weight is 485 g/mol. The Morgan fingerprint density at radius 1 is 1.06 bits per heavy atom. The minimum absolute atomic E-state index is 0.0563. The summed E-state index contributed by atoms with van der Waals surface area (Å²) >= 11 is 7.48. The number of hydrogen-bond donors (Lipinski definition) is 2. The molecule has 1 atom stereocenters. The van der Waals surface area contributed by atoms with Gasteiger partial charge in [-0.2, -0.15) is 4.99 Å². The van der Waals surface area contributed by atoms with Gasteiger partial charge in [-0.3, -0.25) is 14.4 Å². The summed E-state index contributed by atoms with van der Waals surface area (Å²) in [5.74, 6) is -0.787. The van der Waals surface area contributed by atoms with E-state index in [0.29, 0.717) is 22.0 Å². The molecule has 2 aliphatic rings. The van der Waals surface area contributed by atoms with E-state index in [2.05, 4.69) is 20.5 Å². The molecule has 0 spiro atoms. The van der Waals surface area contributed by atoms with Crippen LogP contribution in [-0.2, 0) is 9.59 Å². The van der Waals surface area contributed by atoms with E-state index < -0.39 is 5.25 Å². The molecule has 7 nitrogen and oxygen atoms in total. The van der Waals surface area contributed by atoms with E-state index in [0.717, 1.165) is 36.7 Å². The molecule has 0 unspecified atom stereocenters. The number of carbonyl (C=O) groups excluding carboxylic acids is 3. The van der Waals surface area contributed by atoms with Crippen LogP contribution in [-0.4, -0.2) is 46.1 Å². The molecule has 172 valence electrons. The molecule has 0 aromatic heterocycles. The topological polar surface area (TPSA) is 90.9 Å². The lowest BCUT2D eigenvalue weighted by Gasteiger charge is -2.27. The fourth-order valence-corrected chi connectivity index (χ4v) is 4.99. The highest BCUT2D eigenvalue weighted by molar-refractivity contribution is 8.15. The quantitative estimate of drug-likeness (QED) is 0.641. The van der Waals surface area contributed by atoms with Crippen LogP contribution in [0.2, 0.25) is 5.02 Å². The number of benzene rings is 2. The fourth-order valence-electron chi connectivity index (χ4n) is 3.69. The van der Waals surface area contributed by atoms with Crippen LogP contribution in [0.4, 0.5) is 11.4 Å². The van der Waals surface area contributed by atoms with Gasteiger partial charge in [-0.1, -0.05) is 29.4 Å². The number of amides is 3. The first kappa shape index (κ1) is 23.3. The van der Waals surface area contributed by atoms with Crippen molar-refractivity contribution in [3.63, 3.8) is 0 Å². The monoisotopic (exact) mass is 484 g/mol. The summed E-state index contributed by atoms with van der Waals surface area (Å²) in [6.45, 7) is 3.71. The Kier molecular flexibility index (Phi) is 7.35. The van der Waals surface area contributed by atoms with E-state index in [9.17, 15) is 14.4 Å². The summed E-state index contributed by atoms with van der Waals surface area (Å²) in [6.07, 6.45) is 3.47. The molecule has 1 saturated heterocycles. The zero-order valence-corrected chi connectivity index (χ0v) is 19.8. The van der Waals surface area contributed by atoms with Gasteiger partial charge in [0.1, 0.15) is 5.25 Å². The minimum atomic E-state index is -0.492. The second kappa shape index (κ2) is 10.4. The molecular weight excluding hydrogens is 460 g/mol. The first-order valence-corrected chi connectivity index (χ1v) is 12.2. The SMILES string of the molecule is Cc1ccc(NC(=O)c2ccc(NC(=O)C[C@@H]3SC(N4CCCCC4)=NC3=O)cc2)cc1Cl. The number of nitrogens with one attached hydrogen (secondary N) is 2. The number of hydrogen-bond acceptors (Lipinski definition) is 5. The van der Waals surface area contributed by atoms with Crippen LogP contribution >= 0.6 is 23.4 Å². The molecule has 1 fully saturated rings. The number of amidine groups is 1. The zero-order valence-electron chi connectivity index (χ0n) is 18.3. The second-order valence-corrected chi connectivity index (χ2v) is 9.71. The minimum Gasteiger partial charge on any atom is -0.351 e. The summed E-state index contributed by atoms with van der Waals surface area (Å²) in [7, 11) is 0. The molecule has 2 aromatic carbocycles. The second-order valence-electron chi connectivity index (χ2n) is 8.13. The summed E-state index contributed by atoms with van der Waals surface area (Å²) in [5, 5.41) is 6.43. The van der Waals surface area contributed by atoms with Crippen molar-refractivity contribution in [2.24, 2.45) is 4.99 Å². The van der Waals surface area contributed by atoms with E-state index in [1.807, 2.05) is 13.0 Å². The maximum atomic E-state index is 12.5.